The molecule has 2 aromatic carbocycles. The lowest BCUT2D eigenvalue weighted by Crippen LogP contribution is -2.48. The molecule has 5 nitrogen and oxygen atoms in total. The van der Waals surface area contributed by atoms with Crippen LogP contribution in [-0.2, 0) is 6.54 Å². The van der Waals surface area contributed by atoms with Gasteiger partial charge in [0.15, 0.2) is 0 Å². The van der Waals surface area contributed by atoms with Crippen LogP contribution in [0, 0.1) is 0 Å². The molecule has 0 N–H and O–H groups in total. The number of thiophene rings is 1. The van der Waals surface area contributed by atoms with Gasteiger partial charge in [-0.15, -0.1) is 11.3 Å². The van der Waals surface area contributed by atoms with Gasteiger partial charge >= 0.3 is 0 Å². The molecule has 7 heteroatoms. The molecule has 0 atom stereocenters. The second kappa shape index (κ2) is 8.55. The van der Waals surface area contributed by atoms with Gasteiger partial charge in [0.25, 0.3) is 11.1 Å². The highest BCUT2D eigenvalue weighted by atomic mass is 32.1. The van der Waals surface area contributed by atoms with Crippen molar-refractivity contribution in [2.24, 2.45) is 0 Å². The first-order valence-electron chi connectivity index (χ1n) is 9.92. The molecule has 4 aromatic rings. The van der Waals surface area contributed by atoms with E-state index in [-0.39, 0.29) is 5.91 Å². The summed E-state index contributed by atoms with van der Waals surface area (Å²) < 4.78 is 7.06. The van der Waals surface area contributed by atoms with E-state index in [4.69, 9.17) is 4.74 Å². The Morgan fingerprint density at radius 1 is 0.967 bits per heavy atom. The van der Waals surface area contributed by atoms with Crippen molar-refractivity contribution in [1.82, 2.24) is 14.8 Å². The predicted octanol–water partition coefficient (Wildman–Crippen LogP) is 5.11. The summed E-state index contributed by atoms with van der Waals surface area (Å²) in [4.78, 5) is 22.2. The molecule has 5 rings (SSSR count). The molecule has 0 aliphatic carbocycles. The van der Waals surface area contributed by atoms with Crippen LogP contribution in [0.15, 0.2) is 66.0 Å². The molecule has 1 fully saturated rings. The Hall–Kier alpha value is -2.74. The maximum absolute atomic E-state index is 12.5. The number of ether oxygens (including phenoxy) is 1. The van der Waals surface area contributed by atoms with E-state index in [0.717, 1.165) is 53.6 Å². The molecule has 1 aliphatic heterocycles. The van der Waals surface area contributed by atoms with Crippen molar-refractivity contribution in [3.8, 4) is 10.9 Å². The van der Waals surface area contributed by atoms with Crippen molar-refractivity contribution in [2.45, 2.75) is 6.54 Å². The van der Waals surface area contributed by atoms with Crippen LogP contribution in [-0.4, -0.2) is 46.9 Å². The van der Waals surface area contributed by atoms with Crippen LogP contribution in [0.1, 0.15) is 15.2 Å². The molecule has 30 heavy (non-hydrogen) atoms. The van der Waals surface area contributed by atoms with Gasteiger partial charge in [-0.2, -0.15) is 0 Å². The van der Waals surface area contributed by atoms with Gasteiger partial charge in [-0.1, -0.05) is 41.7 Å². The monoisotopic (exact) mass is 435 g/mol. The zero-order valence-electron chi connectivity index (χ0n) is 16.4. The summed E-state index contributed by atoms with van der Waals surface area (Å²) in [7, 11) is 0. The Morgan fingerprint density at radius 2 is 1.77 bits per heavy atom. The quantitative estimate of drug-likeness (QED) is 0.437. The molecule has 0 radical (unpaired) electrons. The van der Waals surface area contributed by atoms with Crippen LogP contribution in [0.25, 0.3) is 10.2 Å². The van der Waals surface area contributed by atoms with Crippen molar-refractivity contribution < 1.29 is 9.53 Å². The minimum atomic E-state index is 0.154. The summed E-state index contributed by atoms with van der Waals surface area (Å²) in [6, 6.07) is 20.1. The fourth-order valence-electron chi connectivity index (χ4n) is 3.58. The van der Waals surface area contributed by atoms with E-state index in [1.807, 2.05) is 52.7 Å². The number of thiazole rings is 1. The molecule has 0 unspecified atom stereocenters. The summed E-state index contributed by atoms with van der Waals surface area (Å²) >= 11 is 3.06. The number of rotatable bonds is 5. The second-order valence-corrected chi connectivity index (χ2v) is 9.18. The van der Waals surface area contributed by atoms with E-state index in [1.54, 1.807) is 11.3 Å². The number of amides is 1. The lowest BCUT2D eigenvalue weighted by atomic mass is 10.2. The van der Waals surface area contributed by atoms with Crippen LogP contribution >= 0.6 is 22.7 Å². The molecule has 0 bridgehead atoms. The van der Waals surface area contributed by atoms with Gasteiger partial charge in [0.05, 0.1) is 15.1 Å². The molecular weight excluding hydrogens is 414 g/mol. The molecular formula is C23H21N3O2S2. The molecule has 2 aromatic heterocycles. The van der Waals surface area contributed by atoms with Gasteiger partial charge in [-0.25, -0.2) is 4.98 Å². The predicted molar refractivity (Wildman–Crippen MR) is 122 cm³/mol. The highest BCUT2D eigenvalue weighted by Gasteiger charge is 2.22. The Balaban J connectivity index is 1.15. The number of hydrogen-bond acceptors (Lipinski definition) is 6. The number of piperazine rings is 1. The highest BCUT2D eigenvalue weighted by Crippen LogP contribution is 2.31. The van der Waals surface area contributed by atoms with Crippen LogP contribution in [0.4, 0.5) is 0 Å². The number of nitrogens with zero attached hydrogens (tertiary/aromatic N) is 3. The lowest BCUT2D eigenvalue weighted by molar-refractivity contribution is 0.0633. The third kappa shape index (κ3) is 4.23. The van der Waals surface area contributed by atoms with Crippen molar-refractivity contribution in [2.75, 3.05) is 26.2 Å². The van der Waals surface area contributed by atoms with Crippen molar-refractivity contribution in [3.63, 3.8) is 0 Å². The summed E-state index contributed by atoms with van der Waals surface area (Å²) in [5, 5.41) is 2.61. The van der Waals surface area contributed by atoms with Crippen molar-refractivity contribution in [3.05, 3.63) is 76.5 Å². The summed E-state index contributed by atoms with van der Waals surface area (Å²) in [5.41, 5.74) is 2.20. The van der Waals surface area contributed by atoms with Crippen LogP contribution in [0.3, 0.4) is 0 Å². The van der Waals surface area contributed by atoms with Crippen molar-refractivity contribution in [1.29, 1.82) is 0 Å². The number of carbonyl (C=O) groups is 1. The van der Waals surface area contributed by atoms with E-state index >= 15 is 0 Å². The summed E-state index contributed by atoms with van der Waals surface area (Å²) in [5.74, 6) is 0.949. The van der Waals surface area contributed by atoms with E-state index in [9.17, 15) is 4.79 Å². The van der Waals surface area contributed by atoms with Crippen LogP contribution in [0.5, 0.6) is 10.9 Å². The highest BCUT2D eigenvalue weighted by molar-refractivity contribution is 7.20. The van der Waals surface area contributed by atoms with Gasteiger partial charge < -0.3 is 9.64 Å². The maximum Gasteiger partial charge on any atom is 0.279 e. The normalized spacial score (nSPS) is 14.9. The first kappa shape index (κ1) is 19.2. The fourth-order valence-corrected chi connectivity index (χ4v) is 5.11. The summed E-state index contributed by atoms with van der Waals surface area (Å²) in [6.07, 6.45) is 0. The number of benzene rings is 2. The molecule has 1 saturated heterocycles. The third-order valence-corrected chi connectivity index (χ3v) is 6.97. The molecule has 1 amide bonds. The number of hydrogen-bond donors (Lipinski definition) is 0. The van der Waals surface area contributed by atoms with E-state index in [2.05, 4.69) is 28.1 Å². The van der Waals surface area contributed by atoms with E-state index in [0.29, 0.717) is 5.19 Å². The number of fused-ring (bicyclic) bond motifs is 1. The fraction of sp³-hybridized carbons (Fsp3) is 0.217. The van der Waals surface area contributed by atoms with Gasteiger partial charge in [-0.05, 0) is 41.3 Å². The largest absolute Gasteiger partial charge is 0.431 e. The van der Waals surface area contributed by atoms with E-state index < -0.39 is 0 Å². The van der Waals surface area contributed by atoms with Gasteiger partial charge in [0.2, 0.25) is 0 Å². The lowest BCUT2D eigenvalue weighted by Gasteiger charge is -2.34. The maximum atomic E-state index is 12.5. The smallest absolute Gasteiger partial charge is 0.279 e. The number of carbonyl (C=O) groups excluding carboxylic acids is 1. The second-order valence-electron chi connectivity index (χ2n) is 7.24. The minimum absolute atomic E-state index is 0.154. The standard InChI is InChI=1S/C23H21N3O2S2/c27-22(21-6-3-15-29-21)26-13-11-25(12-14-26)16-17-7-9-18(10-8-17)28-23-24-19-4-1-2-5-20(19)30-23/h1-10,15H,11-14,16H2. The Bertz CT molecular complexity index is 1100. The average Bonchev–Trinajstić information content (AvgIpc) is 3.45. The van der Waals surface area contributed by atoms with Crippen LogP contribution in [0.2, 0.25) is 0 Å². The summed E-state index contributed by atoms with van der Waals surface area (Å²) in [6.45, 7) is 4.20. The molecule has 0 spiro atoms. The van der Waals surface area contributed by atoms with Gasteiger partial charge in [0, 0.05) is 32.7 Å². The molecule has 1 aliphatic rings. The Kier molecular flexibility index (Phi) is 5.48. The van der Waals surface area contributed by atoms with Crippen LogP contribution < -0.4 is 4.74 Å². The molecule has 3 heterocycles. The topological polar surface area (TPSA) is 45.7 Å². The number of aromatic nitrogens is 1. The Labute approximate surface area is 183 Å². The SMILES string of the molecule is O=C(c1cccs1)N1CCN(Cc2ccc(Oc3nc4ccccc4s3)cc2)CC1. The first-order chi connectivity index (χ1) is 14.7. The van der Waals surface area contributed by atoms with Gasteiger partial charge in [-0.3, -0.25) is 9.69 Å². The third-order valence-electron chi connectivity index (χ3n) is 5.20. The van der Waals surface area contributed by atoms with E-state index in [1.165, 1.54) is 16.9 Å². The zero-order valence-corrected chi connectivity index (χ0v) is 18.0. The minimum Gasteiger partial charge on any atom is -0.431 e. The average molecular weight is 436 g/mol. The van der Waals surface area contributed by atoms with Crippen molar-refractivity contribution >= 4 is 38.8 Å². The molecule has 152 valence electrons. The van der Waals surface area contributed by atoms with Gasteiger partial charge in [0.1, 0.15) is 5.75 Å². The molecule has 0 saturated carbocycles. The Morgan fingerprint density at radius 3 is 2.50 bits per heavy atom. The first-order valence-corrected chi connectivity index (χ1v) is 11.6. The number of para-hydroxylation sites is 1. The zero-order chi connectivity index (χ0) is 20.3.